The molecule has 3 aromatic rings. The second-order valence-corrected chi connectivity index (χ2v) is 6.65. The number of rotatable bonds is 5. The summed E-state index contributed by atoms with van der Waals surface area (Å²) in [5.74, 6) is 0.486. The topological polar surface area (TPSA) is 76.9 Å². The van der Waals surface area contributed by atoms with Gasteiger partial charge in [0.05, 0.1) is 22.7 Å². The molecule has 1 amide bonds. The van der Waals surface area contributed by atoms with Gasteiger partial charge >= 0.3 is 0 Å². The molecular formula is C18H18N4O2S. The fourth-order valence-corrected chi connectivity index (χ4v) is 3.35. The molecule has 0 aliphatic carbocycles. The van der Waals surface area contributed by atoms with Crippen molar-refractivity contribution in [2.24, 2.45) is 0 Å². The van der Waals surface area contributed by atoms with Crippen LogP contribution in [-0.2, 0) is 0 Å². The minimum Gasteiger partial charge on any atom is -0.345 e. The van der Waals surface area contributed by atoms with Crippen molar-refractivity contribution < 1.29 is 9.59 Å². The predicted octanol–water partition coefficient (Wildman–Crippen LogP) is 3.33. The van der Waals surface area contributed by atoms with E-state index in [1.807, 2.05) is 32.0 Å². The van der Waals surface area contributed by atoms with E-state index in [0.717, 1.165) is 17.1 Å². The second-order valence-electron chi connectivity index (χ2n) is 5.74. The molecule has 1 unspecified atom stereocenters. The van der Waals surface area contributed by atoms with Crippen LogP contribution < -0.4 is 5.32 Å². The van der Waals surface area contributed by atoms with Gasteiger partial charge in [-0.1, -0.05) is 6.07 Å². The molecule has 3 aromatic heterocycles. The summed E-state index contributed by atoms with van der Waals surface area (Å²) in [6, 6.07) is 7.03. The Morgan fingerprint density at radius 2 is 2.12 bits per heavy atom. The summed E-state index contributed by atoms with van der Waals surface area (Å²) in [4.78, 5) is 28.6. The summed E-state index contributed by atoms with van der Waals surface area (Å²) in [7, 11) is 0. The largest absolute Gasteiger partial charge is 0.345 e. The summed E-state index contributed by atoms with van der Waals surface area (Å²) < 4.78 is 1.75. The number of aromatic nitrogens is 3. The first-order chi connectivity index (χ1) is 12.0. The van der Waals surface area contributed by atoms with E-state index < -0.39 is 0 Å². The van der Waals surface area contributed by atoms with Crippen LogP contribution in [0.25, 0.3) is 5.82 Å². The van der Waals surface area contributed by atoms with Crippen molar-refractivity contribution >= 4 is 23.0 Å². The quantitative estimate of drug-likeness (QED) is 0.713. The van der Waals surface area contributed by atoms with E-state index in [-0.39, 0.29) is 17.7 Å². The van der Waals surface area contributed by atoms with Gasteiger partial charge in [0, 0.05) is 22.8 Å². The lowest BCUT2D eigenvalue weighted by molar-refractivity contribution is 0.0940. The Bertz CT molecular complexity index is 914. The summed E-state index contributed by atoms with van der Waals surface area (Å²) in [6.45, 7) is 5.34. The summed E-state index contributed by atoms with van der Waals surface area (Å²) in [5.41, 5.74) is 2.33. The van der Waals surface area contributed by atoms with Crippen LogP contribution in [-0.4, -0.2) is 26.5 Å². The number of thiophene rings is 1. The number of hydrogen-bond acceptors (Lipinski definition) is 5. The highest BCUT2D eigenvalue weighted by atomic mass is 32.1. The Balaban J connectivity index is 1.77. The molecule has 0 aliphatic heterocycles. The third kappa shape index (κ3) is 3.51. The monoisotopic (exact) mass is 354 g/mol. The lowest BCUT2D eigenvalue weighted by atomic mass is 10.1. The first-order valence-electron chi connectivity index (χ1n) is 7.83. The molecule has 3 rings (SSSR count). The maximum Gasteiger partial charge on any atom is 0.252 e. The summed E-state index contributed by atoms with van der Waals surface area (Å²) in [5, 5.41) is 9.03. The van der Waals surface area contributed by atoms with E-state index in [1.54, 1.807) is 28.5 Å². The molecule has 0 aromatic carbocycles. The third-order valence-electron chi connectivity index (χ3n) is 3.94. The number of nitrogens with zero attached hydrogens (tertiary/aromatic N) is 3. The Morgan fingerprint density at radius 3 is 2.76 bits per heavy atom. The van der Waals surface area contributed by atoms with E-state index >= 15 is 0 Å². The van der Waals surface area contributed by atoms with Gasteiger partial charge in [-0.2, -0.15) is 5.10 Å². The number of carbonyl (C=O) groups is 2. The molecule has 7 heteroatoms. The molecule has 0 saturated heterocycles. The van der Waals surface area contributed by atoms with E-state index in [9.17, 15) is 9.59 Å². The van der Waals surface area contributed by atoms with Gasteiger partial charge in [-0.3, -0.25) is 9.59 Å². The van der Waals surface area contributed by atoms with Crippen LogP contribution in [0.3, 0.4) is 0 Å². The van der Waals surface area contributed by atoms with Gasteiger partial charge in [-0.15, -0.1) is 11.3 Å². The van der Waals surface area contributed by atoms with Gasteiger partial charge in [0.25, 0.3) is 5.91 Å². The fourth-order valence-electron chi connectivity index (χ4n) is 2.56. The van der Waals surface area contributed by atoms with E-state index in [0.29, 0.717) is 10.4 Å². The molecule has 128 valence electrons. The average Bonchev–Trinajstić information content (AvgIpc) is 3.22. The van der Waals surface area contributed by atoms with Crippen LogP contribution >= 0.6 is 11.3 Å². The van der Waals surface area contributed by atoms with Gasteiger partial charge in [0.2, 0.25) is 0 Å². The van der Waals surface area contributed by atoms with E-state index in [2.05, 4.69) is 15.4 Å². The molecule has 3 heterocycles. The van der Waals surface area contributed by atoms with Crippen LogP contribution in [0.2, 0.25) is 0 Å². The summed E-state index contributed by atoms with van der Waals surface area (Å²) >= 11 is 1.28. The molecule has 25 heavy (non-hydrogen) atoms. The molecule has 0 aliphatic rings. The smallest absolute Gasteiger partial charge is 0.252 e. The molecule has 1 N–H and O–H groups in total. The van der Waals surface area contributed by atoms with Crippen LogP contribution in [0.4, 0.5) is 0 Å². The lowest BCUT2D eigenvalue weighted by Crippen LogP contribution is -2.26. The number of nitrogens with one attached hydrogen (secondary N) is 1. The maximum atomic E-state index is 12.4. The number of hydrogen-bond donors (Lipinski definition) is 1. The Kier molecular flexibility index (Phi) is 4.76. The highest BCUT2D eigenvalue weighted by molar-refractivity contribution is 7.12. The zero-order chi connectivity index (χ0) is 18.0. The zero-order valence-corrected chi connectivity index (χ0v) is 15.0. The Morgan fingerprint density at radius 1 is 1.32 bits per heavy atom. The van der Waals surface area contributed by atoms with Crippen molar-refractivity contribution in [3.63, 3.8) is 0 Å². The van der Waals surface area contributed by atoms with Crippen molar-refractivity contribution in [3.05, 3.63) is 63.7 Å². The summed E-state index contributed by atoms with van der Waals surface area (Å²) in [6.07, 6.45) is 3.45. The van der Waals surface area contributed by atoms with Gasteiger partial charge < -0.3 is 5.32 Å². The van der Waals surface area contributed by atoms with Gasteiger partial charge in [0.1, 0.15) is 0 Å². The number of Topliss-reactive ketones (excluding diaryl/α,β-unsaturated/α-hetero) is 1. The predicted molar refractivity (Wildman–Crippen MR) is 96.3 cm³/mol. The first kappa shape index (κ1) is 17.0. The molecule has 1 atom stereocenters. The Labute approximate surface area is 149 Å². The Hall–Kier alpha value is -2.80. The van der Waals surface area contributed by atoms with Crippen LogP contribution in [0, 0.1) is 6.92 Å². The number of amides is 1. The van der Waals surface area contributed by atoms with Crippen LogP contribution in [0.5, 0.6) is 0 Å². The molecule has 0 bridgehead atoms. The standard InChI is InChI=1S/C18H18N4O2S/c1-11(21-18(24)14-8-16(13(3)23)25-10-14)15-9-20-22(12(15)2)17-6-4-5-7-19-17/h4-11H,1-3H3,(H,21,24). The molecule has 0 spiro atoms. The van der Waals surface area contributed by atoms with Crippen molar-refractivity contribution in [2.75, 3.05) is 0 Å². The van der Waals surface area contributed by atoms with Gasteiger partial charge in [-0.05, 0) is 39.0 Å². The third-order valence-corrected chi connectivity index (χ3v) is 4.97. The highest BCUT2D eigenvalue weighted by Gasteiger charge is 2.18. The van der Waals surface area contributed by atoms with Gasteiger partial charge in [-0.25, -0.2) is 9.67 Å². The van der Waals surface area contributed by atoms with E-state index in [4.69, 9.17) is 0 Å². The van der Waals surface area contributed by atoms with Gasteiger partial charge in [0.15, 0.2) is 11.6 Å². The SMILES string of the molecule is CC(=O)c1cc(C(=O)NC(C)c2cnn(-c3ccccn3)c2C)cs1. The van der Waals surface area contributed by atoms with Crippen LogP contribution in [0.15, 0.2) is 42.0 Å². The normalized spacial score (nSPS) is 12.0. The molecule has 0 radical (unpaired) electrons. The fraction of sp³-hybridized carbons (Fsp3) is 0.222. The number of pyridine rings is 1. The maximum absolute atomic E-state index is 12.4. The molecular weight excluding hydrogens is 336 g/mol. The lowest BCUT2D eigenvalue weighted by Gasteiger charge is -2.13. The molecule has 0 saturated carbocycles. The minimum absolute atomic E-state index is 0.0374. The first-order valence-corrected chi connectivity index (χ1v) is 8.71. The van der Waals surface area contributed by atoms with Crippen molar-refractivity contribution in [1.29, 1.82) is 0 Å². The number of ketones is 1. The number of carbonyl (C=O) groups excluding carboxylic acids is 2. The average molecular weight is 354 g/mol. The van der Waals surface area contributed by atoms with Crippen LogP contribution in [0.1, 0.15) is 51.2 Å². The van der Waals surface area contributed by atoms with Crippen molar-refractivity contribution in [3.8, 4) is 5.82 Å². The molecule has 0 fully saturated rings. The second kappa shape index (κ2) is 6.98. The molecule has 6 nitrogen and oxygen atoms in total. The zero-order valence-electron chi connectivity index (χ0n) is 14.2. The highest BCUT2D eigenvalue weighted by Crippen LogP contribution is 2.21. The van der Waals surface area contributed by atoms with E-state index in [1.165, 1.54) is 18.3 Å². The van der Waals surface area contributed by atoms with Crippen molar-refractivity contribution in [1.82, 2.24) is 20.1 Å². The van der Waals surface area contributed by atoms with Crippen molar-refractivity contribution in [2.45, 2.75) is 26.8 Å². The minimum atomic E-state index is -0.217.